The van der Waals surface area contributed by atoms with E-state index in [-0.39, 0.29) is 11.9 Å². The third-order valence-corrected chi connectivity index (χ3v) is 5.45. The molecule has 2 aromatic rings. The van der Waals surface area contributed by atoms with Gasteiger partial charge in [0.15, 0.2) is 0 Å². The van der Waals surface area contributed by atoms with Gasteiger partial charge in [-0.25, -0.2) is 0 Å². The largest absolute Gasteiger partial charge is 0.497 e. The highest BCUT2D eigenvalue weighted by molar-refractivity contribution is 5.81. The molecule has 1 atom stereocenters. The normalized spacial score (nSPS) is 16.0. The van der Waals surface area contributed by atoms with Gasteiger partial charge in [-0.1, -0.05) is 24.3 Å². The molecule has 1 heterocycles. The summed E-state index contributed by atoms with van der Waals surface area (Å²) in [5.74, 6) is 0.869. The van der Waals surface area contributed by atoms with Crippen molar-refractivity contribution in [1.82, 2.24) is 15.1 Å². The van der Waals surface area contributed by atoms with Crippen LogP contribution in [0.3, 0.4) is 0 Å². The second-order valence-corrected chi connectivity index (χ2v) is 7.36. The highest BCUT2D eigenvalue weighted by atomic mass is 16.5. The molecule has 1 fully saturated rings. The van der Waals surface area contributed by atoms with Crippen LogP contribution in [0, 0.1) is 11.3 Å². The number of ether oxygens (including phenoxy) is 1. The lowest BCUT2D eigenvalue weighted by molar-refractivity contribution is -0.126. The van der Waals surface area contributed by atoms with E-state index >= 15 is 0 Å². The molecular formula is C23H28N4O2. The minimum Gasteiger partial charge on any atom is -0.497 e. The average molecular weight is 393 g/mol. The molecule has 1 saturated heterocycles. The Bertz CT molecular complexity index is 835. The quantitative estimate of drug-likeness (QED) is 0.784. The van der Waals surface area contributed by atoms with E-state index < -0.39 is 0 Å². The van der Waals surface area contributed by atoms with E-state index in [2.05, 4.69) is 21.2 Å². The Hall–Kier alpha value is -2.88. The smallest absolute Gasteiger partial charge is 0.237 e. The van der Waals surface area contributed by atoms with E-state index in [0.717, 1.165) is 44.0 Å². The van der Waals surface area contributed by atoms with Gasteiger partial charge < -0.3 is 10.1 Å². The molecule has 0 radical (unpaired) electrons. The van der Waals surface area contributed by atoms with Crippen molar-refractivity contribution in [1.29, 1.82) is 5.26 Å². The first-order valence-corrected chi connectivity index (χ1v) is 9.95. The molecule has 1 aliphatic rings. The first kappa shape index (κ1) is 20.8. The summed E-state index contributed by atoms with van der Waals surface area (Å²) in [5, 5.41) is 11.9. The second-order valence-electron chi connectivity index (χ2n) is 7.36. The minimum atomic E-state index is -0.148. The fourth-order valence-electron chi connectivity index (χ4n) is 3.50. The number of hydrogen-bond acceptors (Lipinski definition) is 5. The molecule has 29 heavy (non-hydrogen) atoms. The van der Waals surface area contributed by atoms with E-state index in [9.17, 15) is 4.79 Å². The van der Waals surface area contributed by atoms with Crippen LogP contribution in [0.5, 0.6) is 5.75 Å². The van der Waals surface area contributed by atoms with E-state index in [0.29, 0.717) is 12.1 Å². The average Bonchev–Trinajstić information content (AvgIpc) is 2.78. The lowest BCUT2D eigenvalue weighted by atomic mass is 10.1. The number of methoxy groups -OCH3 is 1. The van der Waals surface area contributed by atoms with E-state index in [1.54, 1.807) is 7.11 Å². The predicted molar refractivity (Wildman–Crippen MR) is 112 cm³/mol. The molecule has 1 unspecified atom stereocenters. The summed E-state index contributed by atoms with van der Waals surface area (Å²) in [5.41, 5.74) is 2.95. The van der Waals surface area contributed by atoms with Crippen molar-refractivity contribution in [3.05, 3.63) is 65.2 Å². The van der Waals surface area contributed by atoms with Gasteiger partial charge in [0.25, 0.3) is 0 Å². The van der Waals surface area contributed by atoms with Crippen LogP contribution < -0.4 is 10.1 Å². The van der Waals surface area contributed by atoms with Crippen molar-refractivity contribution in [3.8, 4) is 11.8 Å². The van der Waals surface area contributed by atoms with Gasteiger partial charge in [-0.05, 0) is 42.3 Å². The van der Waals surface area contributed by atoms with Crippen molar-refractivity contribution in [2.75, 3.05) is 33.3 Å². The summed E-state index contributed by atoms with van der Waals surface area (Å²) in [7, 11) is 1.64. The topological polar surface area (TPSA) is 68.6 Å². The molecule has 0 bridgehead atoms. The maximum Gasteiger partial charge on any atom is 0.237 e. The lowest BCUT2D eigenvalue weighted by Gasteiger charge is -2.37. The lowest BCUT2D eigenvalue weighted by Crippen LogP contribution is -2.53. The molecule has 0 aromatic heterocycles. The summed E-state index contributed by atoms with van der Waals surface area (Å²) in [6.07, 6.45) is 0. The first-order valence-electron chi connectivity index (χ1n) is 9.95. The Morgan fingerprint density at radius 1 is 1.07 bits per heavy atom. The Kier molecular flexibility index (Phi) is 7.23. The maximum absolute atomic E-state index is 12.6. The van der Waals surface area contributed by atoms with Crippen LogP contribution in [0.4, 0.5) is 0 Å². The van der Waals surface area contributed by atoms with Crippen molar-refractivity contribution in [2.45, 2.75) is 26.1 Å². The second kappa shape index (κ2) is 10.1. The zero-order valence-electron chi connectivity index (χ0n) is 17.1. The molecule has 1 N–H and O–H groups in total. The van der Waals surface area contributed by atoms with Crippen LogP contribution >= 0.6 is 0 Å². The number of nitrogens with one attached hydrogen (secondary N) is 1. The zero-order chi connectivity index (χ0) is 20.6. The summed E-state index contributed by atoms with van der Waals surface area (Å²) in [6, 6.07) is 17.5. The predicted octanol–water partition coefficient (Wildman–Crippen LogP) is 2.39. The number of benzene rings is 2. The zero-order valence-corrected chi connectivity index (χ0v) is 17.1. The number of nitrogens with zero attached hydrogens (tertiary/aromatic N) is 3. The van der Waals surface area contributed by atoms with E-state index in [4.69, 9.17) is 10.00 Å². The molecule has 0 saturated carbocycles. The molecule has 6 heteroatoms. The van der Waals surface area contributed by atoms with Crippen LogP contribution in [0.1, 0.15) is 23.6 Å². The Morgan fingerprint density at radius 3 is 2.28 bits per heavy atom. The van der Waals surface area contributed by atoms with Crippen molar-refractivity contribution < 1.29 is 9.53 Å². The van der Waals surface area contributed by atoms with Gasteiger partial charge in [0, 0.05) is 39.3 Å². The van der Waals surface area contributed by atoms with Crippen LogP contribution in [-0.4, -0.2) is 55.0 Å². The summed E-state index contributed by atoms with van der Waals surface area (Å²) < 4.78 is 5.16. The fourth-order valence-corrected chi connectivity index (χ4v) is 3.50. The van der Waals surface area contributed by atoms with Crippen LogP contribution in [-0.2, 0) is 17.9 Å². The first-order chi connectivity index (χ1) is 14.1. The number of carbonyl (C=O) groups is 1. The number of carbonyl (C=O) groups excluding carboxylic acids is 1. The van der Waals surface area contributed by atoms with Crippen LogP contribution in [0.2, 0.25) is 0 Å². The third kappa shape index (κ3) is 5.80. The maximum atomic E-state index is 12.6. The highest BCUT2D eigenvalue weighted by Crippen LogP contribution is 2.13. The van der Waals surface area contributed by atoms with E-state index in [1.165, 1.54) is 5.56 Å². The molecule has 1 aliphatic heterocycles. The minimum absolute atomic E-state index is 0.0568. The number of amides is 1. The van der Waals surface area contributed by atoms with Gasteiger partial charge in [0.1, 0.15) is 5.75 Å². The van der Waals surface area contributed by atoms with E-state index in [1.807, 2.05) is 55.5 Å². The molecule has 6 nitrogen and oxygen atoms in total. The van der Waals surface area contributed by atoms with Crippen LogP contribution in [0.25, 0.3) is 0 Å². The monoisotopic (exact) mass is 392 g/mol. The Balaban J connectivity index is 1.42. The SMILES string of the molecule is COc1ccc(CNC(=O)C(C)N2CCN(Cc3ccc(C#N)cc3)CC2)cc1. The van der Waals surface area contributed by atoms with Crippen molar-refractivity contribution in [2.24, 2.45) is 0 Å². The Morgan fingerprint density at radius 2 is 1.69 bits per heavy atom. The highest BCUT2D eigenvalue weighted by Gasteiger charge is 2.25. The van der Waals surface area contributed by atoms with Crippen LogP contribution in [0.15, 0.2) is 48.5 Å². The fraction of sp³-hybridized carbons (Fsp3) is 0.391. The molecule has 2 aromatic carbocycles. The van der Waals surface area contributed by atoms with Gasteiger partial charge >= 0.3 is 0 Å². The number of hydrogen-bond donors (Lipinski definition) is 1. The molecular weight excluding hydrogens is 364 g/mol. The molecule has 0 aliphatic carbocycles. The van der Waals surface area contributed by atoms with Gasteiger partial charge in [0.05, 0.1) is 24.8 Å². The van der Waals surface area contributed by atoms with Gasteiger partial charge in [0.2, 0.25) is 5.91 Å². The standard InChI is InChI=1S/C23H28N4O2/c1-18(23(28)25-16-20-7-9-22(29-2)10-8-20)27-13-11-26(12-14-27)17-21-5-3-19(15-24)4-6-21/h3-10,18H,11-14,16-17H2,1-2H3,(H,25,28). The third-order valence-electron chi connectivity index (χ3n) is 5.45. The van der Waals surface area contributed by atoms with Crippen molar-refractivity contribution in [3.63, 3.8) is 0 Å². The molecule has 0 spiro atoms. The Labute approximate surface area is 172 Å². The number of piperazine rings is 1. The van der Waals surface area contributed by atoms with Gasteiger partial charge in [-0.2, -0.15) is 5.26 Å². The molecule has 1 amide bonds. The van der Waals surface area contributed by atoms with Gasteiger partial charge in [-0.15, -0.1) is 0 Å². The number of nitriles is 1. The summed E-state index contributed by atoms with van der Waals surface area (Å²) in [6.45, 7) is 6.95. The summed E-state index contributed by atoms with van der Waals surface area (Å²) in [4.78, 5) is 17.2. The summed E-state index contributed by atoms with van der Waals surface area (Å²) >= 11 is 0. The molecule has 152 valence electrons. The molecule has 3 rings (SSSR count). The van der Waals surface area contributed by atoms with Gasteiger partial charge in [-0.3, -0.25) is 14.6 Å². The van der Waals surface area contributed by atoms with Crippen molar-refractivity contribution >= 4 is 5.91 Å². The number of rotatable bonds is 7.